The third-order valence-corrected chi connectivity index (χ3v) is 4.04. The molecular formula is C17H26N2O4S. The molecule has 2 amide bonds. The zero-order chi connectivity index (χ0) is 17.8. The summed E-state index contributed by atoms with van der Waals surface area (Å²) in [4.78, 5) is 22.3. The summed E-state index contributed by atoms with van der Waals surface area (Å²) < 4.78 is 11.1. The number of primary amides is 1. The fourth-order valence-electron chi connectivity index (χ4n) is 2.02. The molecule has 0 aliphatic heterocycles. The molecule has 1 aromatic carbocycles. The number of nitrogens with one attached hydrogen (secondary N) is 1. The minimum Gasteiger partial charge on any atom is -0.490 e. The van der Waals surface area contributed by atoms with Gasteiger partial charge in [-0.3, -0.25) is 9.59 Å². The lowest BCUT2D eigenvalue weighted by atomic mass is 10.1. The number of hydrogen-bond acceptors (Lipinski definition) is 5. The highest BCUT2D eigenvalue weighted by molar-refractivity contribution is 7.99. The molecule has 0 aliphatic rings. The molecule has 0 unspecified atom stereocenters. The first-order valence-electron chi connectivity index (χ1n) is 8.08. The summed E-state index contributed by atoms with van der Waals surface area (Å²) in [5.41, 5.74) is 6.11. The van der Waals surface area contributed by atoms with Crippen molar-refractivity contribution >= 4 is 23.6 Å². The first kappa shape index (κ1) is 20.2. The summed E-state index contributed by atoms with van der Waals surface area (Å²) in [5.74, 6) is 1.92. The van der Waals surface area contributed by atoms with Crippen molar-refractivity contribution in [1.82, 2.24) is 5.32 Å². The third-order valence-electron chi connectivity index (χ3n) is 3.06. The maximum absolute atomic E-state index is 11.7. The summed E-state index contributed by atoms with van der Waals surface area (Å²) in [5, 5.41) is 2.87. The van der Waals surface area contributed by atoms with Crippen molar-refractivity contribution in [2.75, 3.05) is 31.3 Å². The third kappa shape index (κ3) is 8.10. The number of rotatable bonds is 12. The molecule has 24 heavy (non-hydrogen) atoms. The first-order valence-corrected chi connectivity index (χ1v) is 9.23. The first-order chi connectivity index (χ1) is 11.6. The molecule has 0 atom stereocenters. The molecule has 0 radical (unpaired) electrons. The van der Waals surface area contributed by atoms with E-state index in [9.17, 15) is 9.59 Å². The molecule has 0 aromatic heterocycles. The lowest BCUT2D eigenvalue weighted by molar-refractivity contribution is -0.120. The molecule has 0 saturated heterocycles. The van der Waals surface area contributed by atoms with E-state index >= 15 is 0 Å². The van der Waals surface area contributed by atoms with Gasteiger partial charge in [-0.1, -0.05) is 6.07 Å². The van der Waals surface area contributed by atoms with Crippen molar-refractivity contribution in [3.05, 3.63) is 23.8 Å². The molecule has 1 aromatic rings. The van der Waals surface area contributed by atoms with Crippen LogP contribution in [0.2, 0.25) is 0 Å². The van der Waals surface area contributed by atoms with Gasteiger partial charge in [-0.05, 0) is 38.0 Å². The molecule has 0 heterocycles. The van der Waals surface area contributed by atoms with Gasteiger partial charge in [0.15, 0.2) is 11.5 Å². The largest absolute Gasteiger partial charge is 0.490 e. The lowest BCUT2D eigenvalue weighted by Gasteiger charge is -2.12. The average molecular weight is 354 g/mol. The summed E-state index contributed by atoms with van der Waals surface area (Å²) in [7, 11) is 0. The second kappa shape index (κ2) is 11.6. The predicted octanol–water partition coefficient (Wildman–Crippen LogP) is 1.75. The average Bonchev–Trinajstić information content (AvgIpc) is 2.54. The van der Waals surface area contributed by atoms with E-state index in [1.165, 1.54) is 11.8 Å². The van der Waals surface area contributed by atoms with Crippen LogP contribution in [0.5, 0.6) is 11.5 Å². The SMILES string of the molecule is CCOc1ccc(CCNC(=O)CCSCC(N)=O)cc1OCC. The van der Waals surface area contributed by atoms with Gasteiger partial charge < -0.3 is 20.5 Å². The highest BCUT2D eigenvalue weighted by atomic mass is 32.2. The zero-order valence-electron chi connectivity index (χ0n) is 14.3. The number of ether oxygens (including phenoxy) is 2. The fraction of sp³-hybridized carbons (Fsp3) is 0.529. The van der Waals surface area contributed by atoms with Crippen molar-refractivity contribution in [3.63, 3.8) is 0 Å². The van der Waals surface area contributed by atoms with Crippen molar-refractivity contribution < 1.29 is 19.1 Å². The van der Waals surface area contributed by atoms with Gasteiger partial charge in [0.25, 0.3) is 0 Å². The van der Waals surface area contributed by atoms with E-state index in [1.807, 2.05) is 32.0 Å². The van der Waals surface area contributed by atoms with Gasteiger partial charge in [0.2, 0.25) is 11.8 Å². The van der Waals surface area contributed by atoms with E-state index in [0.29, 0.717) is 38.4 Å². The number of thioether (sulfide) groups is 1. The molecular weight excluding hydrogens is 328 g/mol. The van der Waals surface area contributed by atoms with Crippen LogP contribution >= 0.6 is 11.8 Å². The van der Waals surface area contributed by atoms with E-state index in [0.717, 1.165) is 17.1 Å². The van der Waals surface area contributed by atoms with Crippen LogP contribution in [0, 0.1) is 0 Å². The molecule has 0 fully saturated rings. The van der Waals surface area contributed by atoms with E-state index < -0.39 is 0 Å². The Bertz CT molecular complexity index is 537. The van der Waals surface area contributed by atoms with Crippen molar-refractivity contribution in [3.8, 4) is 11.5 Å². The topological polar surface area (TPSA) is 90.6 Å². The van der Waals surface area contributed by atoms with Crippen molar-refractivity contribution in [1.29, 1.82) is 0 Å². The van der Waals surface area contributed by atoms with Crippen LogP contribution in [-0.4, -0.2) is 43.1 Å². The maximum atomic E-state index is 11.7. The van der Waals surface area contributed by atoms with Crippen LogP contribution in [0.1, 0.15) is 25.8 Å². The number of amides is 2. The predicted molar refractivity (Wildman–Crippen MR) is 96.6 cm³/mol. The Hall–Kier alpha value is -1.89. The number of benzene rings is 1. The van der Waals surface area contributed by atoms with Gasteiger partial charge in [-0.2, -0.15) is 11.8 Å². The van der Waals surface area contributed by atoms with Crippen LogP contribution in [0.3, 0.4) is 0 Å². The Balaban J connectivity index is 2.37. The highest BCUT2D eigenvalue weighted by Crippen LogP contribution is 2.28. The minimum absolute atomic E-state index is 0.0251. The Labute approximate surface area is 147 Å². The monoisotopic (exact) mass is 354 g/mol. The lowest BCUT2D eigenvalue weighted by Crippen LogP contribution is -2.26. The number of carbonyl (C=O) groups is 2. The van der Waals surface area contributed by atoms with Crippen LogP contribution in [-0.2, 0) is 16.0 Å². The summed E-state index contributed by atoms with van der Waals surface area (Å²) >= 11 is 1.37. The van der Waals surface area contributed by atoms with E-state index in [-0.39, 0.29) is 17.6 Å². The Morgan fingerprint density at radius 2 is 1.88 bits per heavy atom. The molecule has 0 spiro atoms. The van der Waals surface area contributed by atoms with Crippen LogP contribution in [0.15, 0.2) is 18.2 Å². The van der Waals surface area contributed by atoms with Gasteiger partial charge in [0.05, 0.1) is 19.0 Å². The van der Waals surface area contributed by atoms with Gasteiger partial charge in [0.1, 0.15) is 0 Å². The molecule has 7 heteroatoms. The standard InChI is InChI=1S/C17H26N2O4S/c1-3-22-14-6-5-13(11-15(14)23-4-2)7-9-19-17(21)8-10-24-12-16(18)20/h5-6,11H,3-4,7-10,12H2,1-2H3,(H2,18,20)(H,19,21). The molecule has 1 rings (SSSR count). The van der Waals surface area contributed by atoms with E-state index in [1.54, 1.807) is 0 Å². The summed E-state index contributed by atoms with van der Waals surface area (Å²) in [6.45, 7) is 5.57. The second-order valence-electron chi connectivity index (χ2n) is 5.02. The summed E-state index contributed by atoms with van der Waals surface area (Å²) in [6, 6.07) is 5.82. The quantitative estimate of drug-likeness (QED) is 0.558. The zero-order valence-corrected chi connectivity index (χ0v) is 15.1. The minimum atomic E-state index is -0.360. The fourth-order valence-corrected chi connectivity index (χ4v) is 2.70. The number of hydrogen-bond donors (Lipinski definition) is 2. The normalized spacial score (nSPS) is 10.2. The second-order valence-corrected chi connectivity index (χ2v) is 6.12. The van der Waals surface area contributed by atoms with E-state index in [4.69, 9.17) is 15.2 Å². The molecule has 0 bridgehead atoms. The molecule has 134 valence electrons. The Morgan fingerprint density at radius 3 is 2.54 bits per heavy atom. The maximum Gasteiger partial charge on any atom is 0.227 e. The highest BCUT2D eigenvalue weighted by Gasteiger charge is 2.07. The number of nitrogens with two attached hydrogens (primary N) is 1. The Morgan fingerprint density at radius 1 is 1.17 bits per heavy atom. The molecule has 0 aliphatic carbocycles. The molecule has 3 N–H and O–H groups in total. The van der Waals surface area contributed by atoms with Gasteiger partial charge >= 0.3 is 0 Å². The molecule has 0 saturated carbocycles. The van der Waals surface area contributed by atoms with Crippen LogP contribution in [0.25, 0.3) is 0 Å². The van der Waals surface area contributed by atoms with E-state index in [2.05, 4.69) is 5.32 Å². The Kier molecular flexibility index (Phi) is 9.76. The van der Waals surface area contributed by atoms with Crippen molar-refractivity contribution in [2.45, 2.75) is 26.7 Å². The van der Waals surface area contributed by atoms with Gasteiger partial charge in [-0.25, -0.2) is 0 Å². The van der Waals surface area contributed by atoms with Crippen LogP contribution < -0.4 is 20.5 Å². The van der Waals surface area contributed by atoms with Crippen LogP contribution in [0.4, 0.5) is 0 Å². The number of carbonyl (C=O) groups excluding carboxylic acids is 2. The smallest absolute Gasteiger partial charge is 0.227 e. The van der Waals surface area contributed by atoms with Gasteiger partial charge in [0, 0.05) is 18.7 Å². The summed E-state index contributed by atoms with van der Waals surface area (Å²) in [6.07, 6.45) is 1.10. The molecule has 6 nitrogen and oxygen atoms in total. The van der Waals surface area contributed by atoms with Crippen molar-refractivity contribution in [2.24, 2.45) is 5.73 Å². The van der Waals surface area contributed by atoms with Gasteiger partial charge in [-0.15, -0.1) is 0 Å².